The Balaban J connectivity index is 1.95. The Kier molecular flexibility index (Phi) is 3.34. The molecular weight excluding hydrogens is 346 g/mol. The van der Waals surface area contributed by atoms with E-state index >= 15 is 0 Å². The summed E-state index contributed by atoms with van der Waals surface area (Å²) in [4.78, 5) is 7.27. The number of para-hydroxylation sites is 2. The molecule has 8 nitrogen and oxygen atoms in total. The molecule has 9 heteroatoms. The average Bonchev–Trinajstić information content (AvgIpc) is 3.08. The summed E-state index contributed by atoms with van der Waals surface area (Å²) < 4.78 is 34.8. The lowest BCUT2D eigenvalue weighted by atomic mass is 10.0. The first kappa shape index (κ1) is 15.4. The number of hydrogen-bond acceptors (Lipinski definition) is 6. The number of rotatable bonds is 3. The van der Waals surface area contributed by atoms with Crippen LogP contribution in [-0.2, 0) is 14.7 Å². The lowest BCUT2D eigenvalue weighted by Gasteiger charge is -2.03. The van der Waals surface area contributed by atoms with E-state index in [-0.39, 0.29) is 17.3 Å². The largest absolute Gasteiger partial charge is 0.494 e. The number of aliphatic imine (C=N–C) groups is 1. The quantitative estimate of drug-likeness (QED) is 0.491. The molecule has 0 radical (unpaired) electrons. The molecule has 0 aliphatic carbocycles. The van der Waals surface area contributed by atoms with E-state index < -0.39 is 10.4 Å². The second-order valence-electron chi connectivity index (χ2n) is 5.31. The minimum Gasteiger partial charge on any atom is -0.494 e. The molecule has 2 aromatic carbocycles. The normalized spacial score (nSPS) is 15.4. The van der Waals surface area contributed by atoms with Crippen LogP contribution < -0.4 is 0 Å². The Bertz CT molecular complexity index is 1160. The molecule has 0 spiro atoms. The van der Waals surface area contributed by atoms with Crippen molar-refractivity contribution in [1.82, 2.24) is 4.98 Å². The summed E-state index contributed by atoms with van der Waals surface area (Å²) in [6, 6.07) is 14.1. The molecule has 1 aromatic heterocycles. The van der Waals surface area contributed by atoms with Crippen molar-refractivity contribution < 1.29 is 22.4 Å². The van der Waals surface area contributed by atoms with Crippen molar-refractivity contribution in [3.8, 4) is 5.88 Å². The molecule has 0 atom stereocenters. The van der Waals surface area contributed by atoms with Gasteiger partial charge in [-0.05, 0) is 12.1 Å². The van der Waals surface area contributed by atoms with E-state index in [1.165, 1.54) is 0 Å². The molecule has 4 rings (SSSR count). The number of hydrogen-bond donors (Lipinski definition) is 3. The van der Waals surface area contributed by atoms with Crippen molar-refractivity contribution in [2.24, 2.45) is 10.1 Å². The van der Waals surface area contributed by atoms with Gasteiger partial charge in [0.05, 0.1) is 11.3 Å². The monoisotopic (exact) mass is 357 g/mol. The molecule has 0 saturated carbocycles. The first-order chi connectivity index (χ1) is 11.9. The molecule has 1 aliphatic heterocycles. The average molecular weight is 357 g/mol. The lowest BCUT2D eigenvalue weighted by molar-refractivity contribution is 0.283. The van der Waals surface area contributed by atoms with Crippen LogP contribution >= 0.6 is 0 Å². The Hall–Kier alpha value is -3.17. The molecule has 0 bridgehead atoms. The molecule has 0 saturated heterocycles. The zero-order chi connectivity index (χ0) is 17.6. The smallest absolute Gasteiger partial charge is 0.466 e. The van der Waals surface area contributed by atoms with Crippen LogP contribution in [0.1, 0.15) is 11.1 Å². The summed E-state index contributed by atoms with van der Waals surface area (Å²) in [5.41, 5.74) is 2.44. The van der Waals surface area contributed by atoms with Gasteiger partial charge in [0.15, 0.2) is 5.88 Å². The number of nitrogens with one attached hydrogen (secondary N) is 1. The molecular formula is C16H11N3O5S. The highest BCUT2D eigenvalue weighted by Gasteiger charge is 2.29. The zero-order valence-corrected chi connectivity index (χ0v) is 13.4. The van der Waals surface area contributed by atoms with Crippen LogP contribution in [0.3, 0.4) is 0 Å². The Morgan fingerprint density at radius 2 is 1.80 bits per heavy atom. The van der Waals surface area contributed by atoms with Crippen molar-refractivity contribution in [2.75, 3.05) is 0 Å². The fourth-order valence-electron chi connectivity index (χ4n) is 2.79. The highest BCUT2D eigenvalue weighted by Crippen LogP contribution is 2.35. The molecule has 2 heterocycles. The Morgan fingerprint density at radius 3 is 2.60 bits per heavy atom. The maximum absolute atomic E-state index is 10.9. The lowest BCUT2D eigenvalue weighted by Crippen LogP contribution is -2.14. The van der Waals surface area contributed by atoms with Gasteiger partial charge in [0.1, 0.15) is 11.4 Å². The van der Waals surface area contributed by atoms with Gasteiger partial charge in [0.2, 0.25) is 0 Å². The highest BCUT2D eigenvalue weighted by molar-refractivity contribution is 7.80. The van der Waals surface area contributed by atoms with Gasteiger partial charge in [-0.25, -0.2) is 9.28 Å². The summed E-state index contributed by atoms with van der Waals surface area (Å²) in [5.74, 6) is -0.132. The van der Waals surface area contributed by atoms with Crippen LogP contribution in [0.4, 0.5) is 5.69 Å². The van der Waals surface area contributed by atoms with Gasteiger partial charge in [-0.3, -0.25) is 4.55 Å². The van der Waals surface area contributed by atoms with E-state index in [0.29, 0.717) is 27.7 Å². The predicted molar refractivity (Wildman–Crippen MR) is 91.8 cm³/mol. The van der Waals surface area contributed by atoms with Crippen molar-refractivity contribution >= 4 is 38.4 Å². The van der Waals surface area contributed by atoms with E-state index in [1.54, 1.807) is 42.5 Å². The number of H-pyrrole nitrogens is 1. The van der Waals surface area contributed by atoms with Crippen molar-refractivity contribution in [2.45, 2.75) is 0 Å². The fourth-order valence-corrected chi connectivity index (χ4v) is 2.96. The third kappa shape index (κ3) is 2.65. The van der Waals surface area contributed by atoms with E-state index in [9.17, 15) is 13.5 Å². The van der Waals surface area contributed by atoms with E-state index in [4.69, 9.17) is 4.55 Å². The highest BCUT2D eigenvalue weighted by atomic mass is 32.3. The topological polar surface area (TPSA) is 124 Å². The summed E-state index contributed by atoms with van der Waals surface area (Å²) >= 11 is 0. The van der Waals surface area contributed by atoms with Crippen molar-refractivity contribution in [3.63, 3.8) is 0 Å². The SMILES string of the molecule is O=S(=O)(O)ON=C1C(c2c(O)[nH]c3ccccc23)=Nc2ccccc21. The van der Waals surface area contributed by atoms with Crippen LogP contribution in [0.2, 0.25) is 0 Å². The summed E-state index contributed by atoms with van der Waals surface area (Å²) in [6.07, 6.45) is 0. The maximum Gasteiger partial charge on any atom is 0.466 e. The molecule has 126 valence electrons. The standard InChI is InChI=1S/C16H11N3O5S/c20-16-13(9-5-1-3-7-11(9)18-16)15-14(19-24-25(21,22)23)10-6-2-4-8-12(10)17-15/h1-8,18,20H,(H,21,22,23). The zero-order valence-electron chi connectivity index (χ0n) is 12.5. The van der Waals surface area contributed by atoms with E-state index in [1.807, 2.05) is 6.07 Å². The molecule has 3 N–H and O–H groups in total. The second-order valence-corrected chi connectivity index (χ2v) is 6.32. The second kappa shape index (κ2) is 5.43. The number of nitrogens with zero attached hydrogens (tertiary/aromatic N) is 2. The number of aromatic nitrogens is 1. The van der Waals surface area contributed by atoms with Crippen LogP contribution in [0.15, 0.2) is 58.7 Å². The number of aromatic amines is 1. The van der Waals surface area contributed by atoms with Gasteiger partial charge in [0.25, 0.3) is 0 Å². The number of aromatic hydroxyl groups is 1. The van der Waals surface area contributed by atoms with Gasteiger partial charge in [-0.15, -0.1) is 0 Å². The van der Waals surface area contributed by atoms with Gasteiger partial charge < -0.3 is 10.1 Å². The maximum atomic E-state index is 10.9. The Morgan fingerprint density at radius 1 is 1.08 bits per heavy atom. The third-order valence-electron chi connectivity index (χ3n) is 3.76. The van der Waals surface area contributed by atoms with Crippen molar-refractivity contribution in [3.05, 3.63) is 59.7 Å². The van der Waals surface area contributed by atoms with Crippen LogP contribution in [0, 0.1) is 0 Å². The van der Waals surface area contributed by atoms with Crippen LogP contribution in [0.25, 0.3) is 10.9 Å². The molecule has 0 unspecified atom stereocenters. The summed E-state index contributed by atoms with van der Waals surface area (Å²) in [7, 11) is -4.77. The van der Waals surface area contributed by atoms with Crippen LogP contribution in [0.5, 0.6) is 5.88 Å². The molecule has 0 amide bonds. The van der Waals surface area contributed by atoms with E-state index in [0.717, 1.165) is 0 Å². The van der Waals surface area contributed by atoms with Gasteiger partial charge >= 0.3 is 10.4 Å². The first-order valence-electron chi connectivity index (χ1n) is 7.16. The van der Waals surface area contributed by atoms with Crippen LogP contribution in [-0.4, -0.2) is 34.5 Å². The minimum absolute atomic E-state index is 0.0910. The molecule has 0 fully saturated rings. The third-order valence-corrected chi connectivity index (χ3v) is 4.02. The molecule has 25 heavy (non-hydrogen) atoms. The predicted octanol–water partition coefficient (Wildman–Crippen LogP) is 2.53. The Labute approximate surface area is 142 Å². The summed E-state index contributed by atoms with van der Waals surface area (Å²) in [5, 5.41) is 14.6. The molecule has 3 aromatic rings. The minimum atomic E-state index is -4.77. The summed E-state index contributed by atoms with van der Waals surface area (Å²) in [6.45, 7) is 0. The number of fused-ring (bicyclic) bond motifs is 2. The number of benzene rings is 2. The molecule has 1 aliphatic rings. The van der Waals surface area contributed by atoms with Gasteiger partial charge in [-0.1, -0.05) is 41.6 Å². The van der Waals surface area contributed by atoms with Gasteiger partial charge in [-0.2, -0.15) is 8.42 Å². The fraction of sp³-hybridized carbons (Fsp3) is 0. The van der Waals surface area contributed by atoms with Crippen molar-refractivity contribution in [1.29, 1.82) is 0 Å². The van der Waals surface area contributed by atoms with Gasteiger partial charge in [0, 0.05) is 16.5 Å². The number of oxime groups is 1. The van der Waals surface area contributed by atoms with E-state index in [2.05, 4.69) is 19.4 Å². The first-order valence-corrected chi connectivity index (χ1v) is 8.53.